The molecule has 2 aromatic rings. The summed E-state index contributed by atoms with van der Waals surface area (Å²) in [4.78, 5) is 24.8. The number of rotatable bonds is 7. The minimum absolute atomic E-state index is 0.220. The number of urea groups is 1. The van der Waals surface area contributed by atoms with Crippen molar-refractivity contribution in [3.63, 3.8) is 0 Å². The first kappa shape index (κ1) is 20.2. The Hall–Kier alpha value is -3.54. The number of carbonyl (C=O) groups is 2. The van der Waals surface area contributed by atoms with Gasteiger partial charge in [-0.1, -0.05) is 35.9 Å². The summed E-state index contributed by atoms with van der Waals surface area (Å²) >= 11 is 0. The smallest absolute Gasteiger partial charge is 0.328 e. The molecule has 1 saturated heterocycles. The largest absolute Gasteiger partial charge is 0.493 e. The first-order valence-electron chi connectivity index (χ1n) is 9.23. The fourth-order valence-electron chi connectivity index (χ4n) is 3.02. The van der Waals surface area contributed by atoms with E-state index in [9.17, 15) is 9.59 Å². The van der Waals surface area contributed by atoms with Crippen LogP contribution in [0.3, 0.4) is 0 Å². The Labute approximate surface area is 170 Å². The first-order valence-corrected chi connectivity index (χ1v) is 9.23. The van der Waals surface area contributed by atoms with E-state index in [0.29, 0.717) is 24.5 Å². The van der Waals surface area contributed by atoms with Crippen molar-refractivity contribution in [1.29, 1.82) is 0 Å². The summed E-state index contributed by atoms with van der Waals surface area (Å²) in [7, 11) is 3.00. The highest BCUT2D eigenvalue weighted by Crippen LogP contribution is 2.35. The van der Waals surface area contributed by atoms with Crippen LogP contribution in [-0.4, -0.2) is 31.0 Å². The van der Waals surface area contributed by atoms with Gasteiger partial charge in [0.15, 0.2) is 11.5 Å². The molecule has 0 saturated carbocycles. The average molecular weight is 392 g/mol. The third kappa shape index (κ3) is 4.48. The van der Waals surface area contributed by atoms with E-state index < -0.39 is 6.03 Å². The third-order valence-corrected chi connectivity index (χ3v) is 4.63. The summed E-state index contributed by atoms with van der Waals surface area (Å²) in [5.41, 5.74) is 4.06. The molecular weight excluding hydrogens is 368 g/mol. The zero-order valence-electron chi connectivity index (χ0n) is 16.8. The number of hydrogen-bond acceptors (Lipinski definition) is 4. The van der Waals surface area contributed by atoms with Crippen LogP contribution < -0.4 is 14.8 Å². The number of nitrogens with zero attached hydrogens (tertiary/aromatic N) is 1. The monoisotopic (exact) mass is 392 g/mol. The molecule has 6 nitrogen and oxygen atoms in total. The Morgan fingerprint density at radius 2 is 1.90 bits per heavy atom. The normalized spacial score (nSPS) is 14.9. The number of methoxy groups -OCH3 is 1. The van der Waals surface area contributed by atoms with E-state index in [-0.39, 0.29) is 11.6 Å². The Bertz CT molecular complexity index is 977. The molecule has 3 rings (SSSR count). The van der Waals surface area contributed by atoms with Crippen molar-refractivity contribution in [2.75, 3.05) is 14.2 Å². The number of benzene rings is 2. The number of allylic oxidation sites excluding steroid dienone is 1. The van der Waals surface area contributed by atoms with E-state index in [1.54, 1.807) is 25.3 Å². The van der Waals surface area contributed by atoms with Crippen molar-refractivity contribution >= 4 is 18.0 Å². The molecule has 0 spiro atoms. The van der Waals surface area contributed by atoms with Gasteiger partial charge in [0.1, 0.15) is 12.3 Å². The Kier molecular flexibility index (Phi) is 6.02. The molecule has 1 fully saturated rings. The minimum atomic E-state index is -0.447. The summed E-state index contributed by atoms with van der Waals surface area (Å²) in [6.07, 6.45) is 3.97. The maximum atomic E-state index is 12.1. The number of aryl methyl sites for hydroxylation is 1. The number of hydrogen-bond donors (Lipinski definition) is 1. The number of amides is 3. The average Bonchev–Trinajstić information content (AvgIpc) is 2.95. The number of imide groups is 1. The van der Waals surface area contributed by atoms with Crippen LogP contribution in [0, 0.1) is 6.92 Å². The second-order valence-corrected chi connectivity index (χ2v) is 6.83. The standard InChI is InChI=1S/C23H24N2O4/c1-5-6-18-11-17(12-19-22(26)25(3)23(27)24-19)13-20(28-4)21(18)29-14-16-9-7-15(2)8-10-16/h5,7-13H,1,6,14H2,2-4H3,(H,24,27)/b19-12+. The van der Waals surface area contributed by atoms with Gasteiger partial charge in [0.25, 0.3) is 5.91 Å². The maximum absolute atomic E-state index is 12.1. The summed E-state index contributed by atoms with van der Waals surface area (Å²) < 4.78 is 11.6. The Balaban J connectivity index is 1.92. The summed E-state index contributed by atoms with van der Waals surface area (Å²) in [5, 5.41) is 2.56. The van der Waals surface area contributed by atoms with Crippen LogP contribution in [-0.2, 0) is 17.8 Å². The number of carbonyl (C=O) groups excluding carboxylic acids is 2. The van der Waals surface area contributed by atoms with Crippen LogP contribution in [0.4, 0.5) is 4.79 Å². The molecule has 1 aliphatic heterocycles. The van der Waals surface area contributed by atoms with E-state index >= 15 is 0 Å². The molecule has 0 aromatic heterocycles. The molecule has 1 N–H and O–H groups in total. The van der Waals surface area contributed by atoms with Crippen LogP contribution in [0.25, 0.3) is 6.08 Å². The maximum Gasteiger partial charge on any atom is 0.328 e. The molecule has 150 valence electrons. The zero-order valence-corrected chi connectivity index (χ0v) is 16.8. The van der Waals surface area contributed by atoms with Gasteiger partial charge in [-0.05, 0) is 42.7 Å². The fourth-order valence-corrected chi connectivity index (χ4v) is 3.02. The Morgan fingerprint density at radius 3 is 2.48 bits per heavy atom. The molecule has 1 heterocycles. The van der Waals surface area contributed by atoms with Crippen molar-refractivity contribution in [2.24, 2.45) is 0 Å². The van der Waals surface area contributed by atoms with Gasteiger partial charge >= 0.3 is 6.03 Å². The molecule has 0 atom stereocenters. The molecule has 0 bridgehead atoms. The topological polar surface area (TPSA) is 67.9 Å². The lowest BCUT2D eigenvalue weighted by atomic mass is 10.0. The van der Waals surface area contributed by atoms with Crippen molar-refractivity contribution in [3.8, 4) is 11.5 Å². The van der Waals surface area contributed by atoms with Crippen LogP contribution in [0.1, 0.15) is 22.3 Å². The van der Waals surface area contributed by atoms with Crippen LogP contribution in [0.2, 0.25) is 0 Å². The molecule has 2 aromatic carbocycles. The van der Waals surface area contributed by atoms with Gasteiger partial charge in [0.05, 0.1) is 7.11 Å². The van der Waals surface area contributed by atoms with E-state index in [4.69, 9.17) is 9.47 Å². The highest BCUT2D eigenvalue weighted by molar-refractivity contribution is 6.13. The quantitative estimate of drug-likeness (QED) is 0.442. The molecule has 0 unspecified atom stereocenters. The van der Waals surface area contributed by atoms with E-state index in [2.05, 4.69) is 11.9 Å². The second kappa shape index (κ2) is 8.65. The van der Waals surface area contributed by atoms with Gasteiger partial charge in [-0.25, -0.2) is 4.79 Å². The first-order chi connectivity index (χ1) is 13.9. The van der Waals surface area contributed by atoms with Gasteiger partial charge in [0.2, 0.25) is 0 Å². The Morgan fingerprint density at radius 1 is 1.17 bits per heavy atom. The highest BCUT2D eigenvalue weighted by Gasteiger charge is 2.30. The second-order valence-electron chi connectivity index (χ2n) is 6.83. The minimum Gasteiger partial charge on any atom is -0.493 e. The van der Waals surface area contributed by atoms with Gasteiger partial charge in [-0.15, -0.1) is 6.58 Å². The lowest BCUT2D eigenvalue weighted by Crippen LogP contribution is -2.25. The highest BCUT2D eigenvalue weighted by atomic mass is 16.5. The molecular formula is C23H24N2O4. The molecule has 6 heteroatoms. The molecule has 0 aliphatic carbocycles. The number of nitrogens with one attached hydrogen (secondary N) is 1. The van der Waals surface area contributed by atoms with Gasteiger partial charge in [-0.2, -0.15) is 0 Å². The third-order valence-electron chi connectivity index (χ3n) is 4.63. The molecule has 0 radical (unpaired) electrons. The molecule has 29 heavy (non-hydrogen) atoms. The number of ether oxygens (including phenoxy) is 2. The predicted molar refractivity (Wildman–Crippen MR) is 112 cm³/mol. The molecule has 1 aliphatic rings. The SMILES string of the molecule is C=CCc1cc(/C=C2/NC(=O)N(C)C2=O)cc(OC)c1OCc1ccc(C)cc1. The van der Waals surface area contributed by atoms with E-state index in [0.717, 1.165) is 21.6 Å². The molecule has 3 amide bonds. The predicted octanol–water partition coefficient (Wildman–Crippen LogP) is 3.83. The van der Waals surface area contributed by atoms with E-state index in [1.165, 1.54) is 12.6 Å². The van der Waals surface area contributed by atoms with Crippen molar-refractivity contribution in [1.82, 2.24) is 10.2 Å². The zero-order chi connectivity index (χ0) is 21.0. The fraction of sp³-hybridized carbons (Fsp3) is 0.217. The van der Waals surface area contributed by atoms with Crippen LogP contribution in [0.15, 0.2) is 54.8 Å². The van der Waals surface area contributed by atoms with Gasteiger partial charge in [-0.3, -0.25) is 9.69 Å². The summed E-state index contributed by atoms with van der Waals surface area (Å²) in [5.74, 6) is 0.807. The lowest BCUT2D eigenvalue weighted by molar-refractivity contribution is -0.121. The van der Waals surface area contributed by atoms with Crippen LogP contribution >= 0.6 is 0 Å². The van der Waals surface area contributed by atoms with Crippen LogP contribution in [0.5, 0.6) is 11.5 Å². The van der Waals surface area contributed by atoms with Crippen molar-refractivity contribution in [3.05, 3.63) is 77.0 Å². The van der Waals surface area contributed by atoms with Gasteiger partial charge < -0.3 is 14.8 Å². The van der Waals surface area contributed by atoms with Crippen molar-refractivity contribution < 1.29 is 19.1 Å². The lowest BCUT2D eigenvalue weighted by Gasteiger charge is -2.16. The van der Waals surface area contributed by atoms with E-state index in [1.807, 2.05) is 37.3 Å². The summed E-state index contributed by atoms with van der Waals surface area (Å²) in [6.45, 7) is 6.26. The summed E-state index contributed by atoms with van der Waals surface area (Å²) in [6, 6.07) is 11.4. The van der Waals surface area contributed by atoms with Gasteiger partial charge in [0, 0.05) is 12.6 Å². The van der Waals surface area contributed by atoms with Crippen molar-refractivity contribution in [2.45, 2.75) is 20.0 Å². The number of likely N-dealkylation sites (N-methyl/N-ethyl adjacent to an activating group) is 1.